The zero-order chi connectivity index (χ0) is 13.8. The number of hydrogen-bond donors (Lipinski definition) is 1. The molecule has 2 aromatic rings. The van der Waals surface area contributed by atoms with Gasteiger partial charge in [0.2, 0.25) is 0 Å². The van der Waals surface area contributed by atoms with Gasteiger partial charge >= 0.3 is 0 Å². The molecular formula is C17H20BrN. The Morgan fingerprint density at radius 1 is 0.895 bits per heavy atom. The van der Waals surface area contributed by atoms with Crippen molar-refractivity contribution in [2.45, 2.75) is 32.9 Å². The lowest BCUT2D eigenvalue weighted by Gasteiger charge is -2.21. The lowest BCUT2D eigenvalue weighted by atomic mass is 10.0. The predicted octanol–water partition coefficient (Wildman–Crippen LogP) is 5.17. The molecule has 0 radical (unpaired) electrons. The first-order chi connectivity index (χ1) is 9.06. The monoisotopic (exact) mass is 317 g/mol. The van der Waals surface area contributed by atoms with Gasteiger partial charge < -0.3 is 5.32 Å². The van der Waals surface area contributed by atoms with Crippen molar-refractivity contribution in [3.05, 3.63) is 69.7 Å². The second-order valence-electron chi connectivity index (χ2n) is 5.08. The van der Waals surface area contributed by atoms with E-state index in [2.05, 4.69) is 90.5 Å². The lowest BCUT2D eigenvalue weighted by molar-refractivity contribution is 0.494. The average molecular weight is 318 g/mol. The molecule has 1 nitrogen and oxygen atoms in total. The molecule has 0 aliphatic rings. The van der Waals surface area contributed by atoms with Gasteiger partial charge in [0.25, 0.3) is 0 Å². The van der Waals surface area contributed by atoms with Gasteiger partial charge in [0.15, 0.2) is 0 Å². The van der Waals surface area contributed by atoms with E-state index >= 15 is 0 Å². The number of aryl methyl sites for hydroxylation is 1. The molecule has 1 unspecified atom stereocenters. The molecule has 0 saturated heterocycles. The van der Waals surface area contributed by atoms with Gasteiger partial charge in [-0.2, -0.15) is 0 Å². The summed E-state index contributed by atoms with van der Waals surface area (Å²) in [5, 5.41) is 3.65. The topological polar surface area (TPSA) is 12.0 Å². The molecule has 0 saturated carbocycles. The van der Waals surface area contributed by atoms with Gasteiger partial charge in [-0.3, -0.25) is 0 Å². The van der Waals surface area contributed by atoms with Gasteiger partial charge in [-0.05, 0) is 44.0 Å². The zero-order valence-electron chi connectivity index (χ0n) is 11.7. The van der Waals surface area contributed by atoms with E-state index in [9.17, 15) is 0 Å². The highest BCUT2D eigenvalue weighted by atomic mass is 79.9. The minimum Gasteiger partial charge on any atom is -0.304 e. The van der Waals surface area contributed by atoms with E-state index in [1.807, 2.05) is 0 Å². The van der Waals surface area contributed by atoms with E-state index in [4.69, 9.17) is 0 Å². The third-order valence-electron chi connectivity index (χ3n) is 3.39. The Labute approximate surface area is 124 Å². The summed E-state index contributed by atoms with van der Waals surface area (Å²) in [5.41, 5.74) is 3.94. The average Bonchev–Trinajstić information content (AvgIpc) is 2.38. The Morgan fingerprint density at radius 2 is 1.47 bits per heavy atom. The van der Waals surface area contributed by atoms with Crippen molar-refractivity contribution < 1.29 is 0 Å². The molecule has 2 aromatic carbocycles. The van der Waals surface area contributed by atoms with E-state index < -0.39 is 0 Å². The Balaban J connectivity index is 2.08. The number of nitrogens with one attached hydrogen (secondary N) is 1. The molecule has 100 valence electrons. The summed E-state index contributed by atoms with van der Waals surface area (Å²) in [6.45, 7) is 6.55. The van der Waals surface area contributed by atoms with Crippen LogP contribution in [0.4, 0.5) is 0 Å². The molecule has 2 heteroatoms. The first kappa shape index (κ1) is 14.3. The molecule has 0 amide bonds. The van der Waals surface area contributed by atoms with Crippen LogP contribution in [0.2, 0.25) is 0 Å². The molecule has 0 aliphatic carbocycles. The largest absolute Gasteiger partial charge is 0.304 e. The maximum atomic E-state index is 3.65. The minimum absolute atomic E-state index is 0.327. The second-order valence-corrected chi connectivity index (χ2v) is 5.99. The Bertz CT molecular complexity index is 501. The van der Waals surface area contributed by atoms with E-state index in [-0.39, 0.29) is 0 Å². The van der Waals surface area contributed by atoms with E-state index in [0.29, 0.717) is 12.1 Å². The van der Waals surface area contributed by atoms with Crippen LogP contribution in [0.15, 0.2) is 53.0 Å². The summed E-state index contributed by atoms with van der Waals surface area (Å²) >= 11 is 3.52. The van der Waals surface area contributed by atoms with Gasteiger partial charge in [-0.1, -0.05) is 57.9 Å². The van der Waals surface area contributed by atoms with Gasteiger partial charge in [-0.15, -0.1) is 0 Å². The molecule has 2 rings (SSSR count). The summed E-state index contributed by atoms with van der Waals surface area (Å²) in [7, 11) is 0. The van der Waals surface area contributed by atoms with E-state index in [0.717, 1.165) is 4.47 Å². The molecule has 0 aromatic heterocycles. The SMILES string of the molecule is Cc1cccc(C(C)N[C@H](C)c2cccc(Br)c2)c1. The molecule has 0 fully saturated rings. The van der Waals surface area contributed by atoms with Crippen molar-refractivity contribution in [2.75, 3.05) is 0 Å². The smallest absolute Gasteiger partial charge is 0.0297 e. The summed E-state index contributed by atoms with van der Waals surface area (Å²) in [6, 6.07) is 17.8. The molecule has 0 heterocycles. The highest BCUT2D eigenvalue weighted by Gasteiger charge is 2.11. The zero-order valence-corrected chi connectivity index (χ0v) is 13.2. The van der Waals surface area contributed by atoms with Gasteiger partial charge in [0.1, 0.15) is 0 Å². The molecule has 2 atom stereocenters. The van der Waals surface area contributed by atoms with Crippen LogP contribution < -0.4 is 5.32 Å². The van der Waals surface area contributed by atoms with Crippen molar-refractivity contribution in [1.82, 2.24) is 5.32 Å². The Hall–Kier alpha value is -1.12. The highest BCUT2D eigenvalue weighted by molar-refractivity contribution is 9.10. The maximum Gasteiger partial charge on any atom is 0.0297 e. The van der Waals surface area contributed by atoms with Crippen LogP contribution in [0, 0.1) is 6.92 Å². The second kappa shape index (κ2) is 6.36. The Morgan fingerprint density at radius 3 is 2.05 bits per heavy atom. The summed E-state index contributed by atoms with van der Waals surface area (Å²) in [6.07, 6.45) is 0. The first-order valence-corrected chi connectivity index (χ1v) is 7.43. The van der Waals surface area contributed by atoms with Crippen LogP contribution in [0.1, 0.15) is 42.6 Å². The van der Waals surface area contributed by atoms with Crippen molar-refractivity contribution in [2.24, 2.45) is 0 Å². The van der Waals surface area contributed by atoms with Crippen LogP contribution >= 0.6 is 15.9 Å². The normalized spacial score (nSPS) is 14.1. The predicted molar refractivity (Wildman–Crippen MR) is 85.3 cm³/mol. The summed E-state index contributed by atoms with van der Waals surface area (Å²) < 4.78 is 1.13. The minimum atomic E-state index is 0.327. The summed E-state index contributed by atoms with van der Waals surface area (Å²) in [5.74, 6) is 0. The van der Waals surface area contributed by atoms with Crippen LogP contribution in [0.5, 0.6) is 0 Å². The van der Waals surface area contributed by atoms with Crippen molar-refractivity contribution in [3.8, 4) is 0 Å². The number of halogens is 1. The molecule has 0 spiro atoms. The fourth-order valence-electron chi connectivity index (χ4n) is 2.28. The number of hydrogen-bond acceptors (Lipinski definition) is 1. The number of benzene rings is 2. The fraction of sp³-hybridized carbons (Fsp3) is 0.294. The van der Waals surface area contributed by atoms with E-state index in [1.165, 1.54) is 16.7 Å². The third kappa shape index (κ3) is 3.92. The number of rotatable bonds is 4. The molecule has 0 aliphatic heterocycles. The van der Waals surface area contributed by atoms with Crippen molar-refractivity contribution in [1.29, 1.82) is 0 Å². The molecular weight excluding hydrogens is 298 g/mol. The van der Waals surface area contributed by atoms with Gasteiger partial charge in [0, 0.05) is 16.6 Å². The van der Waals surface area contributed by atoms with Crippen LogP contribution in [-0.4, -0.2) is 0 Å². The lowest BCUT2D eigenvalue weighted by Crippen LogP contribution is -2.22. The quantitative estimate of drug-likeness (QED) is 0.820. The summed E-state index contributed by atoms with van der Waals surface area (Å²) in [4.78, 5) is 0. The third-order valence-corrected chi connectivity index (χ3v) is 3.88. The van der Waals surface area contributed by atoms with Crippen molar-refractivity contribution >= 4 is 15.9 Å². The Kier molecular flexibility index (Phi) is 4.78. The van der Waals surface area contributed by atoms with Gasteiger partial charge in [-0.25, -0.2) is 0 Å². The van der Waals surface area contributed by atoms with E-state index in [1.54, 1.807) is 0 Å². The molecule has 1 N–H and O–H groups in total. The van der Waals surface area contributed by atoms with Gasteiger partial charge in [0.05, 0.1) is 0 Å². The maximum absolute atomic E-state index is 3.65. The van der Waals surface area contributed by atoms with Crippen LogP contribution in [0.3, 0.4) is 0 Å². The molecule has 0 bridgehead atoms. The fourth-order valence-corrected chi connectivity index (χ4v) is 2.70. The van der Waals surface area contributed by atoms with Crippen LogP contribution in [0.25, 0.3) is 0 Å². The highest BCUT2D eigenvalue weighted by Crippen LogP contribution is 2.22. The first-order valence-electron chi connectivity index (χ1n) is 6.64. The van der Waals surface area contributed by atoms with Crippen molar-refractivity contribution in [3.63, 3.8) is 0 Å². The standard InChI is InChI=1S/C17H20BrN/c1-12-6-4-7-15(10-12)13(2)19-14(3)16-8-5-9-17(18)11-16/h4-11,13-14,19H,1-3H3/t13?,14-/m1/s1. The molecule has 19 heavy (non-hydrogen) atoms. The van der Waals surface area contributed by atoms with Crippen LogP contribution in [-0.2, 0) is 0 Å².